The minimum Gasteiger partial charge on any atom is -0.497 e. The topological polar surface area (TPSA) is 44.8 Å². The van der Waals surface area contributed by atoms with Gasteiger partial charge in [-0.1, -0.05) is 25.0 Å². The Morgan fingerprint density at radius 2 is 1.76 bits per heavy atom. The quantitative estimate of drug-likeness (QED) is 0.855. The van der Waals surface area contributed by atoms with Crippen molar-refractivity contribution in [3.63, 3.8) is 0 Å². The van der Waals surface area contributed by atoms with Crippen LogP contribution in [0.2, 0.25) is 0 Å². The highest BCUT2D eigenvalue weighted by Gasteiger charge is 2.42. The number of benzene rings is 1. The van der Waals surface area contributed by atoms with E-state index in [0.717, 1.165) is 76.3 Å². The van der Waals surface area contributed by atoms with Crippen LogP contribution in [0.1, 0.15) is 31.2 Å². The van der Waals surface area contributed by atoms with Crippen molar-refractivity contribution in [1.82, 2.24) is 15.1 Å². The number of nitrogens with one attached hydrogen (secondary N) is 1. The lowest BCUT2D eigenvalue weighted by molar-refractivity contribution is -0.126. The van der Waals surface area contributed by atoms with Gasteiger partial charge in [0.1, 0.15) is 5.75 Å². The number of hydrogen-bond acceptors (Lipinski definition) is 4. The number of rotatable bonds is 6. The molecule has 1 aliphatic heterocycles. The van der Waals surface area contributed by atoms with E-state index >= 15 is 0 Å². The number of methoxy groups -OCH3 is 1. The fourth-order valence-corrected chi connectivity index (χ4v) is 4.10. The second-order valence-electron chi connectivity index (χ2n) is 7.42. The molecule has 1 saturated carbocycles. The molecule has 1 aromatic carbocycles. The Balaban J connectivity index is 1.59. The van der Waals surface area contributed by atoms with Crippen molar-refractivity contribution in [2.24, 2.45) is 0 Å². The van der Waals surface area contributed by atoms with Crippen molar-refractivity contribution in [3.8, 4) is 5.75 Å². The molecule has 2 fully saturated rings. The van der Waals surface area contributed by atoms with Gasteiger partial charge in [0, 0.05) is 39.3 Å². The molecule has 138 valence electrons. The number of piperazine rings is 1. The summed E-state index contributed by atoms with van der Waals surface area (Å²) in [5.41, 5.74) is 0.775. The van der Waals surface area contributed by atoms with Gasteiger partial charge in [-0.25, -0.2) is 0 Å². The van der Waals surface area contributed by atoms with Crippen molar-refractivity contribution in [2.75, 3.05) is 53.4 Å². The van der Waals surface area contributed by atoms with E-state index in [4.69, 9.17) is 4.74 Å². The van der Waals surface area contributed by atoms with Crippen LogP contribution in [-0.4, -0.2) is 69.1 Å². The van der Waals surface area contributed by atoms with Crippen molar-refractivity contribution in [3.05, 3.63) is 29.8 Å². The zero-order chi connectivity index (χ0) is 17.7. The van der Waals surface area contributed by atoms with E-state index in [1.807, 2.05) is 12.1 Å². The van der Waals surface area contributed by atoms with E-state index in [2.05, 4.69) is 34.3 Å². The molecule has 0 atom stereocenters. The Morgan fingerprint density at radius 3 is 2.36 bits per heavy atom. The van der Waals surface area contributed by atoms with Gasteiger partial charge in [-0.2, -0.15) is 0 Å². The van der Waals surface area contributed by atoms with Crippen LogP contribution >= 0.6 is 0 Å². The van der Waals surface area contributed by atoms with Gasteiger partial charge in [-0.3, -0.25) is 9.69 Å². The zero-order valence-electron chi connectivity index (χ0n) is 15.6. The smallest absolute Gasteiger partial charge is 0.230 e. The average molecular weight is 345 g/mol. The van der Waals surface area contributed by atoms with Gasteiger partial charge in [-0.15, -0.1) is 0 Å². The Bertz CT molecular complexity index is 559. The van der Waals surface area contributed by atoms with Gasteiger partial charge in [-0.05, 0) is 37.6 Å². The Morgan fingerprint density at radius 1 is 1.12 bits per heavy atom. The molecule has 0 radical (unpaired) electrons. The minimum absolute atomic E-state index is 0.198. The van der Waals surface area contributed by atoms with E-state index in [9.17, 15) is 4.79 Å². The van der Waals surface area contributed by atoms with Gasteiger partial charge < -0.3 is 15.0 Å². The minimum atomic E-state index is -0.353. The summed E-state index contributed by atoms with van der Waals surface area (Å²) in [7, 11) is 3.84. The Labute approximate surface area is 151 Å². The molecule has 0 aromatic heterocycles. The van der Waals surface area contributed by atoms with Crippen LogP contribution in [0.4, 0.5) is 0 Å². The third-order valence-corrected chi connectivity index (χ3v) is 5.84. The van der Waals surface area contributed by atoms with E-state index in [1.54, 1.807) is 7.11 Å². The molecule has 25 heavy (non-hydrogen) atoms. The number of carbonyl (C=O) groups is 1. The molecule has 5 heteroatoms. The first kappa shape index (κ1) is 18.2. The van der Waals surface area contributed by atoms with Crippen LogP contribution in [0.3, 0.4) is 0 Å². The SMILES string of the molecule is COc1ccc(C2(C(=O)NCCN3CCN(C)CC3)CCCC2)cc1. The summed E-state index contributed by atoms with van der Waals surface area (Å²) in [6.45, 7) is 6.10. The monoisotopic (exact) mass is 345 g/mol. The molecule has 3 rings (SSSR count). The summed E-state index contributed by atoms with van der Waals surface area (Å²) < 4.78 is 5.26. The normalized spacial score (nSPS) is 21.2. The number of ether oxygens (including phenoxy) is 1. The third-order valence-electron chi connectivity index (χ3n) is 5.84. The van der Waals surface area contributed by atoms with E-state index < -0.39 is 0 Å². The Kier molecular flexibility index (Phi) is 5.97. The number of nitrogens with zero attached hydrogens (tertiary/aromatic N) is 2. The molecule has 5 nitrogen and oxygen atoms in total. The van der Waals surface area contributed by atoms with Gasteiger partial charge in [0.15, 0.2) is 0 Å². The highest BCUT2D eigenvalue weighted by Crippen LogP contribution is 2.41. The summed E-state index contributed by atoms with van der Waals surface area (Å²) in [6.07, 6.45) is 4.13. The molecule has 1 aliphatic carbocycles. The number of amides is 1. The standard InChI is InChI=1S/C20H31N3O2/c1-22-13-15-23(16-14-22)12-11-21-19(24)20(9-3-4-10-20)17-5-7-18(25-2)8-6-17/h5-8H,3-4,9-16H2,1-2H3,(H,21,24). The molecular weight excluding hydrogens is 314 g/mol. The van der Waals surface area contributed by atoms with Gasteiger partial charge in [0.2, 0.25) is 5.91 Å². The molecule has 1 heterocycles. The number of carbonyl (C=O) groups excluding carboxylic acids is 1. The van der Waals surface area contributed by atoms with Crippen LogP contribution < -0.4 is 10.1 Å². The zero-order valence-corrected chi connectivity index (χ0v) is 15.6. The number of likely N-dealkylation sites (N-methyl/N-ethyl adjacent to an activating group) is 1. The molecule has 2 aliphatic rings. The summed E-state index contributed by atoms with van der Waals surface area (Å²) in [5.74, 6) is 1.04. The molecule has 0 spiro atoms. The molecule has 1 aromatic rings. The van der Waals surface area contributed by atoms with Crippen LogP contribution in [0, 0.1) is 0 Å². The van der Waals surface area contributed by atoms with Crippen molar-refractivity contribution in [2.45, 2.75) is 31.1 Å². The first-order valence-electron chi connectivity index (χ1n) is 9.48. The summed E-state index contributed by atoms with van der Waals surface area (Å²) in [5, 5.41) is 3.23. The van der Waals surface area contributed by atoms with E-state index in [-0.39, 0.29) is 11.3 Å². The highest BCUT2D eigenvalue weighted by molar-refractivity contribution is 5.88. The molecule has 1 amide bonds. The van der Waals surface area contributed by atoms with E-state index in [0.29, 0.717) is 0 Å². The molecular formula is C20H31N3O2. The summed E-state index contributed by atoms with van der Waals surface area (Å²) in [4.78, 5) is 17.8. The lowest BCUT2D eigenvalue weighted by Gasteiger charge is -2.33. The summed E-state index contributed by atoms with van der Waals surface area (Å²) in [6, 6.07) is 8.05. The van der Waals surface area contributed by atoms with Crippen LogP contribution in [-0.2, 0) is 10.2 Å². The molecule has 0 unspecified atom stereocenters. The van der Waals surface area contributed by atoms with Crippen LogP contribution in [0.5, 0.6) is 5.75 Å². The van der Waals surface area contributed by atoms with Crippen molar-refractivity contribution < 1.29 is 9.53 Å². The maximum absolute atomic E-state index is 13.0. The molecule has 1 N–H and O–H groups in total. The van der Waals surface area contributed by atoms with Crippen molar-refractivity contribution in [1.29, 1.82) is 0 Å². The maximum atomic E-state index is 13.0. The highest BCUT2D eigenvalue weighted by atomic mass is 16.5. The largest absolute Gasteiger partial charge is 0.497 e. The second-order valence-corrected chi connectivity index (χ2v) is 7.42. The van der Waals surface area contributed by atoms with Gasteiger partial charge in [0.05, 0.1) is 12.5 Å². The molecule has 1 saturated heterocycles. The fourth-order valence-electron chi connectivity index (χ4n) is 4.10. The lowest BCUT2D eigenvalue weighted by Crippen LogP contribution is -2.49. The maximum Gasteiger partial charge on any atom is 0.230 e. The first-order chi connectivity index (χ1) is 12.1. The fraction of sp³-hybridized carbons (Fsp3) is 0.650. The van der Waals surface area contributed by atoms with Crippen LogP contribution in [0.15, 0.2) is 24.3 Å². The van der Waals surface area contributed by atoms with Crippen molar-refractivity contribution >= 4 is 5.91 Å². The second kappa shape index (κ2) is 8.19. The Hall–Kier alpha value is -1.59. The number of hydrogen-bond donors (Lipinski definition) is 1. The summed E-state index contributed by atoms with van der Waals surface area (Å²) >= 11 is 0. The average Bonchev–Trinajstić information content (AvgIpc) is 3.14. The van der Waals surface area contributed by atoms with E-state index in [1.165, 1.54) is 0 Å². The van der Waals surface area contributed by atoms with Gasteiger partial charge >= 0.3 is 0 Å². The predicted molar refractivity (Wildman–Crippen MR) is 100 cm³/mol. The molecule has 0 bridgehead atoms. The predicted octanol–water partition coefficient (Wildman–Crippen LogP) is 1.87. The lowest BCUT2D eigenvalue weighted by atomic mass is 9.78. The third kappa shape index (κ3) is 4.15. The van der Waals surface area contributed by atoms with Crippen LogP contribution in [0.25, 0.3) is 0 Å². The first-order valence-corrected chi connectivity index (χ1v) is 9.48. The van der Waals surface area contributed by atoms with Gasteiger partial charge in [0.25, 0.3) is 0 Å².